The highest BCUT2D eigenvalue weighted by Gasteiger charge is 2.48. The minimum atomic E-state index is -1.57. The standard InChI is InChI=1S/C22H24P.C19H32O3.BrH/c1-2-3-19-23(20-13-7-4-8-14-20,21-15-9-5-10-16-21)22-17-11-6-12-18-22;1-4-5-6-7-8-9-10-11-12-19(3)16-13-17(20)15(2)18(14-16)21-22-19;/h4-18H,2-3,19H2,1H3;11-12,15-16,18H,4-10,13-14H2,1-3H3;1H/q+1;;/p-1/b;12-11+;/t;15-,16+,18+,19-;/m.0./s1. The van der Waals surface area contributed by atoms with Crippen LogP contribution in [0.1, 0.15) is 98.3 Å². The van der Waals surface area contributed by atoms with E-state index in [0.717, 1.165) is 12.8 Å². The van der Waals surface area contributed by atoms with Crippen molar-refractivity contribution in [1.29, 1.82) is 0 Å². The Labute approximate surface area is 290 Å². The van der Waals surface area contributed by atoms with Crippen LogP contribution in [0.4, 0.5) is 0 Å². The van der Waals surface area contributed by atoms with Gasteiger partial charge < -0.3 is 17.0 Å². The topological polar surface area (TPSA) is 35.5 Å². The molecule has 4 atom stereocenters. The van der Waals surface area contributed by atoms with Crippen LogP contribution in [0.5, 0.6) is 0 Å². The number of fused-ring (bicyclic) bond motifs is 2. The molecule has 1 heterocycles. The first kappa shape index (κ1) is 38.3. The largest absolute Gasteiger partial charge is 1.00 e. The molecule has 250 valence electrons. The Kier molecular flexibility index (Phi) is 16.4. The quantitative estimate of drug-likeness (QED) is 0.0803. The molecule has 2 fully saturated rings. The number of rotatable bonds is 14. The number of halogens is 1. The van der Waals surface area contributed by atoms with Crippen LogP contribution in [-0.4, -0.2) is 23.7 Å². The van der Waals surface area contributed by atoms with E-state index in [4.69, 9.17) is 9.78 Å². The fraction of sp³-hybridized carbons (Fsp3) is 0.488. The van der Waals surface area contributed by atoms with Gasteiger partial charge in [0.25, 0.3) is 0 Å². The highest BCUT2D eigenvalue weighted by Crippen LogP contribution is 2.55. The Morgan fingerprint density at radius 1 is 0.761 bits per heavy atom. The summed E-state index contributed by atoms with van der Waals surface area (Å²) < 4.78 is 0. The summed E-state index contributed by atoms with van der Waals surface area (Å²) in [5, 5.41) is 4.47. The molecular formula is C41H56BrO3P. The summed E-state index contributed by atoms with van der Waals surface area (Å²) in [6.07, 6.45) is 18.6. The van der Waals surface area contributed by atoms with E-state index in [1.54, 1.807) is 0 Å². The highest BCUT2D eigenvalue weighted by atomic mass is 79.9. The van der Waals surface area contributed by atoms with Crippen molar-refractivity contribution in [2.45, 2.75) is 110 Å². The molecule has 5 rings (SSSR count). The van der Waals surface area contributed by atoms with Crippen molar-refractivity contribution in [2.75, 3.05) is 6.16 Å². The van der Waals surface area contributed by atoms with Crippen molar-refractivity contribution in [3.8, 4) is 0 Å². The van der Waals surface area contributed by atoms with Crippen molar-refractivity contribution in [3.05, 3.63) is 103 Å². The van der Waals surface area contributed by atoms with Gasteiger partial charge in [0, 0.05) is 18.3 Å². The number of hydrogen-bond donors (Lipinski definition) is 0. The number of unbranched alkanes of at least 4 members (excludes halogenated alkanes) is 7. The van der Waals surface area contributed by atoms with E-state index < -0.39 is 12.9 Å². The zero-order valence-corrected chi connectivity index (χ0v) is 31.1. The maximum atomic E-state index is 12.0. The van der Waals surface area contributed by atoms with E-state index in [1.807, 2.05) is 6.92 Å². The summed E-state index contributed by atoms with van der Waals surface area (Å²) in [6.45, 7) is 8.53. The Morgan fingerprint density at radius 3 is 1.78 bits per heavy atom. The molecule has 2 aliphatic rings. The molecular weight excluding hydrogens is 651 g/mol. The number of carbonyl (C=O) groups excluding carboxylic acids is 1. The molecule has 46 heavy (non-hydrogen) atoms. The van der Waals surface area contributed by atoms with Gasteiger partial charge in [0.05, 0.1) is 6.16 Å². The van der Waals surface area contributed by atoms with Crippen LogP contribution in [0.3, 0.4) is 0 Å². The summed E-state index contributed by atoms with van der Waals surface area (Å²) in [7, 11) is -1.57. The predicted octanol–water partition coefficient (Wildman–Crippen LogP) is 6.78. The minimum Gasteiger partial charge on any atom is -1.00 e. The summed E-state index contributed by atoms with van der Waals surface area (Å²) in [5.74, 6) is 0.559. The number of carbonyl (C=O) groups is 1. The molecule has 0 amide bonds. The molecule has 1 aliphatic heterocycles. The lowest BCUT2D eigenvalue weighted by Crippen LogP contribution is -3.00. The van der Waals surface area contributed by atoms with Crippen LogP contribution in [0.2, 0.25) is 0 Å². The van der Waals surface area contributed by atoms with Crippen molar-refractivity contribution in [1.82, 2.24) is 0 Å². The Balaban J connectivity index is 0.000000245. The third-order valence-electron chi connectivity index (χ3n) is 9.80. The van der Waals surface area contributed by atoms with Gasteiger partial charge in [-0.15, -0.1) is 0 Å². The van der Waals surface area contributed by atoms with Gasteiger partial charge in [-0.2, -0.15) is 0 Å². The first-order valence-corrected chi connectivity index (χ1v) is 19.5. The second kappa shape index (κ2) is 19.7. The average molecular weight is 708 g/mol. The van der Waals surface area contributed by atoms with Gasteiger partial charge in [-0.25, -0.2) is 9.78 Å². The lowest BCUT2D eigenvalue weighted by molar-refractivity contribution is -0.415. The molecule has 5 heteroatoms. The van der Waals surface area contributed by atoms with Crippen LogP contribution in [-0.2, 0) is 14.6 Å². The smallest absolute Gasteiger partial charge is 0.138 e. The molecule has 0 aromatic heterocycles. The van der Waals surface area contributed by atoms with Crippen LogP contribution < -0.4 is 32.9 Å². The summed E-state index contributed by atoms with van der Waals surface area (Å²) in [5.41, 5.74) is -0.436. The SMILES string of the molecule is CCCCCCCC/C=C/[C@]1(C)OO[C@@H]2C[C@H]1CC(=O)[C@@H]2C.CCCC[P+](c1ccccc1)(c1ccccc1)c1ccccc1.[Br-]. The van der Waals surface area contributed by atoms with E-state index in [0.29, 0.717) is 12.2 Å². The molecule has 3 aromatic carbocycles. The number of Topliss-reactive ketones (excluding diaryl/α,β-unsaturated/α-hetero) is 1. The molecule has 1 saturated carbocycles. The lowest BCUT2D eigenvalue weighted by atomic mass is 9.71. The number of hydrogen-bond acceptors (Lipinski definition) is 3. The van der Waals surface area contributed by atoms with Gasteiger partial charge in [-0.3, -0.25) is 4.79 Å². The normalized spacial score (nSPS) is 22.5. The summed E-state index contributed by atoms with van der Waals surface area (Å²) in [6, 6.07) is 33.4. The Morgan fingerprint density at radius 2 is 1.26 bits per heavy atom. The monoisotopic (exact) mass is 706 g/mol. The lowest BCUT2D eigenvalue weighted by Gasteiger charge is -2.45. The van der Waals surface area contributed by atoms with Gasteiger partial charge in [-0.05, 0) is 69.0 Å². The van der Waals surface area contributed by atoms with Gasteiger partial charge in [0.15, 0.2) is 0 Å². The number of benzene rings is 3. The zero-order valence-electron chi connectivity index (χ0n) is 28.6. The maximum absolute atomic E-state index is 12.0. The van der Waals surface area contributed by atoms with E-state index >= 15 is 0 Å². The van der Waals surface area contributed by atoms with Crippen molar-refractivity contribution < 1.29 is 31.6 Å². The van der Waals surface area contributed by atoms with Gasteiger partial charge >= 0.3 is 0 Å². The van der Waals surface area contributed by atoms with E-state index in [9.17, 15) is 4.79 Å². The fourth-order valence-electron chi connectivity index (χ4n) is 6.80. The van der Waals surface area contributed by atoms with Gasteiger partial charge in [-0.1, -0.05) is 126 Å². The molecule has 1 saturated heterocycles. The van der Waals surface area contributed by atoms with Crippen LogP contribution in [0, 0.1) is 11.8 Å². The van der Waals surface area contributed by atoms with Crippen LogP contribution >= 0.6 is 7.26 Å². The molecule has 2 bridgehead atoms. The van der Waals surface area contributed by atoms with Crippen molar-refractivity contribution in [3.63, 3.8) is 0 Å². The van der Waals surface area contributed by atoms with E-state index in [1.165, 1.54) is 73.4 Å². The molecule has 0 spiro atoms. The number of allylic oxidation sites excluding steroid dienone is 1. The van der Waals surface area contributed by atoms with Crippen molar-refractivity contribution in [2.24, 2.45) is 11.8 Å². The third-order valence-corrected chi connectivity index (χ3v) is 14.3. The third kappa shape index (κ3) is 9.96. The van der Waals surface area contributed by atoms with Gasteiger partial charge in [0.1, 0.15) is 40.7 Å². The molecule has 0 N–H and O–H groups in total. The molecule has 1 aliphatic carbocycles. The zero-order chi connectivity index (χ0) is 32.0. The number of ketones is 1. The maximum Gasteiger partial charge on any atom is 0.138 e. The Bertz CT molecular complexity index is 1200. The second-order valence-corrected chi connectivity index (χ2v) is 16.8. The summed E-state index contributed by atoms with van der Waals surface area (Å²) >= 11 is 0. The molecule has 0 unspecified atom stereocenters. The summed E-state index contributed by atoms with van der Waals surface area (Å²) in [4.78, 5) is 23.2. The molecule has 0 radical (unpaired) electrons. The second-order valence-electron chi connectivity index (χ2n) is 13.1. The van der Waals surface area contributed by atoms with E-state index in [2.05, 4.69) is 124 Å². The fourth-order valence-corrected chi connectivity index (χ4v) is 11.3. The van der Waals surface area contributed by atoms with Crippen molar-refractivity contribution >= 4 is 29.0 Å². The van der Waals surface area contributed by atoms with Gasteiger partial charge in [0.2, 0.25) is 0 Å². The molecule has 3 aromatic rings. The highest BCUT2D eigenvalue weighted by molar-refractivity contribution is 7.95. The minimum absolute atomic E-state index is 0. The Hall–Kier alpha value is -2.10. The average Bonchev–Trinajstić information content (AvgIpc) is 3.08. The first-order chi connectivity index (χ1) is 21.9. The van der Waals surface area contributed by atoms with E-state index in [-0.39, 0.29) is 34.9 Å². The predicted molar refractivity (Wildman–Crippen MR) is 193 cm³/mol. The molecule has 3 nitrogen and oxygen atoms in total. The first-order valence-electron chi connectivity index (χ1n) is 17.5. The van der Waals surface area contributed by atoms with Crippen LogP contribution in [0.15, 0.2) is 103 Å². The van der Waals surface area contributed by atoms with Crippen LogP contribution in [0.25, 0.3) is 0 Å².